The molecule has 0 amide bonds. The van der Waals surface area contributed by atoms with Gasteiger partial charge in [0.25, 0.3) is 5.69 Å². The first-order chi connectivity index (χ1) is 11.6. The van der Waals surface area contributed by atoms with E-state index in [0.717, 1.165) is 16.1 Å². The van der Waals surface area contributed by atoms with E-state index in [9.17, 15) is 10.1 Å². The number of thiazole rings is 1. The van der Waals surface area contributed by atoms with Crippen molar-refractivity contribution in [3.05, 3.63) is 75.2 Å². The maximum absolute atomic E-state index is 10.8. The molecule has 0 aliphatic rings. The smallest absolute Gasteiger partial charge is 0.258 e. The molecule has 0 radical (unpaired) electrons. The number of nitro benzene ring substituents is 1. The lowest BCUT2D eigenvalue weighted by atomic mass is 10.1. The highest BCUT2D eigenvalue weighted by atomic mass is 32.1. The van der Waals surface area contributed by atoms with Gasteiger partial charge in [-0.15, -0.1) is 11.3 Å². The number of aromatic nitrogens is 1. The summed E-state index contributed by atoms with van der Waals surface area (Å²) in [7, 11) is 0. The van der Waals surface area contributed by atoms with Crippen LogP contribution in [0.5, 0.6) is 0 Å². The van der Waals surface area contributed by atoms with Crippen LogP contribution in [0.4, 0.5) is 10.8 Å². The highest BCUT2D eigenvalue weighted by molar-refractivity contribution is 7.15. The molecule has 0 bridgehead atoms. The zero-order valence-corrected chi connectivity index (χ0v) is 13.7. The number of nitrogens with one attached hydrogen (secondary N) is 1. The molecular formula is C17H14N4O2S. The molecule has 1 heterocycles. The molecule has 7 heteroatoms. The number of non-ortho nitro benzene ring substituents is 1. The number of hydrogen-bond acceptors (Lipinski definition) is 6. The first-order valence-corrected chi connectivity index (χ1v) is 8.01. The van der Waals surface area contributed by atoms with Crippen LogP contribution in [-0.4, -0.2) is 16.1 Å². The lowest BCUT2D eigenvalue weighted by Gasteiger charge is -1.97. The number of hydrazone groups is 1. The van der Waals surface area contributed by atoms with E-state index in [1.165, 1.54) is 29.7 Å². The van der Waals surface area contributed by atoms with E-state index in [1.54, 1.807) is 12.1 Å². The van der Waals surface area contributed by atoms with Gasteiger partial charge in [-0.1, -0.05) is 42.5 Å². The number of nitro groups is 1. The van der Waals surface area contributed by atoms with Crippen molar-refractivity contribution in [1.29, 1.82) is 0 Å². The van der Waals surface area contributed by atoms with Crippen molar-refractivity contribution in [3.8, 4) is 11.3 Å². The zero-order valence-electron chi connectivity index (χ0n) is 12.8. The number of nitrogens with zero attached hydrogens (tertiary/aromatic N) is 3. The Morgan fingerprint density at radius 1 is 1.21 bits per heavy atom. The first kappa shape index (κ1) is 15.8. The minimum atomic E-state index is -0.429. The zero-order chi connectivity index (χ0) is 16.9. The third-order valence-electron chi connectivity index (χ3n) is 3.30. The van der Waals surface area contributed by atoms with Gasteiger partial charge in [0, 0.05) is 28.1 Å². The monoisotopic (exact) mass is 338 g/mol. The second-order valence-corrected chi connectivity index (χ2v) is 6.22. The van der Waals surface area contributed by atoms with Gasteiger partial charge in [-0.25, -0.2) is 4.98 Å². The van der Waals surface area contributed by atoms with Gasteiger partial charge in [-0.2, -0.15) is 5.10 Å². The number of benzene rings is 2. The van der Waals surface area contributed by atoms with Crippen molar-refractivity contribution in [3.63, 3.8) is 0 Å². The van der Waals surface area contributed by atoms with Crippen molar-refractivity contribution in [2.45, 2.75) is 6.92 Å². The Balaban J connectivity index is 1.73. The van der Waals surface area contributed by atoms with Crippen molar-refractivity contribution in [2.24, 2.45) is 5.10 Å². The molecule has 0 atom stereocenters. The summed E-state index contributed by atoms with van der Waals surface area (Å²) < 4.78 is 0. The van der Waals surface area contributed by atoms with E-state index in [2.05, 4.69) is 15.5 Å². The standard InChI is InChI=1S/C17H14N4O2S/c1-12-16(14-7-3-2-4-8-14)19-17(24-12)20-18-11-13-6-5-9-15(10-13)21(22)23/h2-11H,1H3,(H,19,20)/b18-11-. The van der Waals surface area contributed by atoms with E-state index < -0.39 is 4.92 Å². The third kappa shape index (κ3) is 3.64. The van der Waals surface area contributed by atoms with Gasteiger partial charge < -0.3 is 0 Å². The van der Waals surface area contributed by atoms with Crippen molar-refractivity contribution in [2.75, 3.05) is 5.43 Å². The number of aryl methyl sites for hydroxylation is 1. The average Bonchev–Trinajstić information content (AvgIpc) is 2.96. The number of hydrogen-bond donors (Lipinski definition) is 1. The van der Waals surface area contributed by atoms with Crippen LogP contribution in [0, 0.1) is 17.0 Å². The lowest BCUT2D eigenvalue weighted by molar-refractivity contribution is -0.384. The summed E-state index contributed by atoms with van der Waals surface area (Å²) in [6, 6.07) is 16.2. The Morgan fingerprint density at radius 3 is 2.75 bits per heavy atom. The van der Waals surface area contributed by atoms with Crippen LogP contribution in [0.25, 0.3) is 11.3 Å². The predicted molar refractivity (Wildman–Crippen MR) is 96.6 cm³/mol. The van der Waals surface area contributed by atoms with E-state index >= 15 is 0 Å². The van der Waals surface area contributed by atoms with E-state index in [-0.39, 0.29) is 5.69 Å². The molecule has 0 saturated heterocycles. The van der Waals surface area contributed by atoms with E-state index in [0.29, 0.717) is 10.7 Å². The van der Waals surface area contributed by atoms with Crippen LogP contribution in [0.2, 0.25) is 0 Å². The summed E-state index contributed by atoms with van der Waals surface area (Å²) in [5.74, 6) is 0. The molecule has 0 saturated carbocycles. The van der Waals surface area contributed by atoms with Crippen molar-refractivity contribution in [1.82, 2.24) is 4.98 Å². The molecule has 1 aromatic heterocycles. The molecule has 120 valence electrons. The molecule has 6 nitrogen and oxygen atoms in total. The molecule has 3 aromatic rings. The fourth-order valence-electron chi connectivity index (χ4n) is 2.19. The van der Waals surface area contributed by atoms with E-state index in [1.807, 2.05) is 37.3 Å². The summed E-state index contributed by atoms with van der Waals surface area (Å²) in [6.45, 7) is 2.01. The van der Waals surface area contributed by atoms with Crippen LogP contribution in [0.3, 0.4) is 0 Å². The van der Waals surface area contributed by atoms with Crippen LogP contribution in [-0.2, 0) is 0 Å². The Morgan fingerprint density at radius 2 is 2.00 bits per heavy atom. The van der Waals surface area contributed by atoms with Gasteiger partial charge >= 0.3 is 0 Å². The minimum Gasteiger partial charge on any atom is -0.258 e. The summed E-state index contributed by atoms with van der Waals surface area (Å²) in [6.07, 6.45) is 1.53. The number of anilines is 1. The Kier molecular flexibility index (Phi) is 4.62. The molecule has 0 spiro atoms. The minimum absolute atomic E-state index is 0.0374. The maximum atomic E-state index is 10.8. The topological polar surface area (TPSA) is 80.4 Å². The molecule has 24 heavy (non-hydrogen) atoms. The molecule has 1 N–H and O–H groups in total. The van der Waals surface area contributed by atoms with Crippen LogP contribution in [0.1, 0.15) is 10.4 Å². The van der Waals surface area contributed by atoms with Crippen molar-refractivity contribution >= 4 is 28.4 Å². The molecule has 0 aliphatic heterocycles. The molecular weight excluding hydrogens is 324 g/mol. The molecule has 0 unspecified atom stereocenters. The predicted octanol–water partition coefficient (Wildman–Crippen LogP) is 4.47. The molecule has 2 aromatic carbocycles. The Hall–Kier alpha value is -3.06. The van der Waals surface area contributed by atoms with Gasteiger partial charge in [0.2, 0.25) is 5.13 Å². The summed E-state index contributed by atoms with van der Waals surface area (Å²) in [5, 5.41) is 15.5. The lowest BCUT2D eigenvalue weighted by Crippen LogP contribution is -1.92. The van der Waals surface area contributed by atoms with Gasteiger partial charge in [0.05, 0.1) is 16.8 Å². The first-order valence-electron chi connectivity index (χ1n) is 7.20. The quantitative estimate of drug-likeness (QED) is 0.423. The second kappa shape index (κ2) is 7.01. The molecule has 0 aliphatic carbocycles. The van der Waals surface area contributed by atoms with E-state index in [4.69, 9.17) is 0 Å². The largest absolute Gasteiger partial charge is 0.270 e. The highest BCUT2D eigenvalue weighted by Crippen LogP contribution is 2.30. The fraction of sp³-hybridized carbons (Fsp3) is 0.0588. The SMILES string of the molecule is Cc1sc(N/N=C\c2cccc([N+](=O)[O-])c2)nc1-c1ccccc1. The van der Waals surface area contributed by atoms with Gasteiger partial charge in [-0.05, 0) is 6.92 Å². The number of rotatable bonds is 5. The summed E-state index contributed by atoms with van der Waals surface area (Å²) >= 11 is 1.51. The maximum Gasteiger partial charge on any atom is 0.270 e. The summed E-state index contributed by atoms with van der Waals surface area (Å²) in [4.78, 5) is 16.0. The van der Waals surface area contributed by atoms with Gasteiger partial charge in [0.15, 0.2) is 0 Å². The van der Waals surface area contributed by atoms with Crippen LogP contribution in [0.15, 0.2) is 59.7 Å². The van der Waals surface area contributed by atoms with Crippen LogP contribution < -0.4 is 5.43 Å². The Labute approximate surface area is 142 Å². The van der Waals surface area contributed by atoms with Gasteiger partial charge in [0.1, 0.15) is 0 Å². The second-order valence-electron chi connectivity index (χ2n) is 5.01. The van der Waals surface area contributed by atoms with Gasteiger partial charge in [-0.3, -0.25) is 15.5 Å². The molecule has 3 rings (SSSR count). The highest BCUT2D eigenvalue weighted by Gasteiger charge is 2.09. The normalized spacial score (nSPS) is 10.9. The van der Waals surface area contributed by atoms with Crippen LogP contribution >= 0.6 is 11.3 Å². The molecule has 0 fully saturated rings. The fourth-order valence-corrected chi connectivity index (χ4v) is 2.97. The summed E-state index contributed by atoms with van der Waals surface area (Å²) in [5.41, 5.74) is 5.55. The average molecular weight is 338 g/mol. The third-order valence-corrected chi connectivity index (χ3v) is 4.17. The van der Waals surface area contributed by atoms with Crippen molar-refractivity contribution < 1.29 is 4.92 Å². The Bertz CT molecular complexity index is 891.